The Morgan fingerprint density at radius 1 is 1.43 bits per heavy atom. The number of hydrogen-bond donors (Lipinski definition) is 0. The van der Waals surface area contributed by atoms with Gasteiger partial charge in [0.15, 0.2) is 5.78 Å². The lowest BCUT2D eigenvalue weighted by Gasteiger charge is -2.08. The van der Waals surface area contributed by atoms with E-state index in [-0.39, 0.29) is 18.0 Å². The van der Waals surface area contributed by atoms with Crippen LogP contribution < -0.4 is 0 Å². The molecule has 0 saturated carbocycles. The molecule has 1 aromatic rings. The quantitative estimate of drug-likeness (QED) is 0.661. The summed E-state index contributed by atoms with van der Waals surface area (Å²) in [6.07, 6.45) is 6.11. The van der Waals surface area contributed by atoms with Crippen molar-refractivity contribution in [3.63, 3.8) is 0 Å². The van der Waals surface area contributed by atoms with Crippen molar-refractivity contribution in [2.24, 2.45) is 0 Å². The maximum absolute atomic E-state index is 11.8. The molecule has 74 valence electrons. The second-order valence-corrected chi connectivity index (χ2v) is 3.50. The van der Waals surface area contributed by atoms with Gasteiger partial charge in [-0.2, -0.15) is 0 Å². The highest BCUT2D eigenvalue weighted by Gasteiger charge is 2.28. The first kappa shape index (κ1) is 9.27. The summed E-state index contributed by atoms with van der Waals surface area (Å²) in [5.41, 5.74) is 0.534. The minimum atomic E-state index is -0.295. The summed E-state index contributed by atoms with van der Waals surface area (Å²) in [4.78, 5) is 19.4. The Morgan fingerprint density at radius 2 is 2.14 bits per heavy atom. The Bertz CT molecular complexity index is 326. The number of ether oxygens (including phenoxy) is 1. The van der Waals surface area contributed by atoms with Crippen molar-refractivity contribution in [3.05, 3.63) is 24.3 Å². The third-order valence-corrected chi connectivity index (χ3v) is 2.37. The monoisotopic (exact) mass is 192 g/mol. The van der Waals surface area contributed by atoms with Gasteiger partial charge in [-0.25, -0.2) is 9.97 Å². The number of Topliss-reactive ketones (excluding diaryl/α,β-unsaturated/α-hetero) is 1. The van der Waals surface area contributed by atoms with E-state index >= 15 is 0 Å². The van der Waals surface area contributed by atoms with Crippen LogP contribution in [0.1, 0.15) is 30.1 Å². The molecule has 2 unspecified atom stereocenters. The van der Waals surface area contributed by atoms with Crippen molar-refractivity contribution in [1.29, 1.82) is 0 Å². The smallest absolute Gasteiger partial charge is 0.194 e. The van der Waals surface area contributed by atoms with Crippen molar-refractivity contribution >= 4 is 5.78 Å². The Balaban J connectivity index is 2.10. The van der Waals surface area contributed by atoms with Crippen molar-refractivity contribution < 1.29 is 9.53 Å². The van der Waals surface area contributed by atoms with Crippen LogP contribution in [-0.4, -0.2) is 28.0 Å². The van der Waals surface area contributed by atoms with Crippen LogP contribution in [0.4, 0.5) is 0 Å². The van der Waals surface area contributed by atoms with E-state index in [0.29, 0.717) is 5.56 Å². The van der Waals surface area contributed by atoms with Crippen LogP contribution in [0.5, 0.6) is 0 Å². The van der Waals surface area contributed by atoms with Crippen molar-refractivity contribution in [2.45, 2.75) is 32.0 Å². The summed E-state index contributed by atoms with van der Waals surface area (Å²) in [6.45, 7) is 1.98. The van der Waals surface area contributed by atoms with Gasteiger partial charge in [-0.05, 0) is 19.8 Å². The number of rotatable bonds is 2. The summed E-state index contributed by atoms with van der Waals surface area (Å²) in [6, 6.07) is 0. The molecule has 0 radical (unpaired) electrons. The van der Waals surface area contributed by atoms with E-state index in [9.17, 15) is 4.79 Å². The first-order valence-electron chi connectivity index (χ1n) is 4.72. The predicted molar refractivity (Wildman–Crippen MR) is 49.9 cm³/mol. The lowest BCUT2D eigenvalue weighted by molar-refractivity contribution is 0.0432. The fraction of sp³-hybridized carbons (Fsp3) is 0.500. The van der Waals surface area contributed by atoms with E-state index in [2.05, 4.69) is 9.97 Å². The van der Waals surface area contributed by atoms with Crippen LogP contribution in [0, 0.1) is 0 Å². The highest BCUT2D eigenvalue weighted by Crippen LogP contribution is 2.21. The molecule has 4 nitrogen and oxygen atoms in total. The Labute approximate surface area is 82.3 Å². The third-order valence-electron chi connectivity index (χ3n) is 2.37. The molecule has 0 amide bonds. The number of carbonyl (C=O) groups excluding carboxylic acids is 1. The average molecular weight is 192 g/mol. The molecule has 2 heterocycles. The molecule has 0 aromatic carbocycles. The van der Waals surface area contributed by atoms with E-state index in [0.717, 1.165) is 12.8 Å². The van der Waals surface area contributed by atoms with Crippen molar-refractivity contribution in [3.8, 4) is 0 Å². The summed E-state index contributed by atoms with van der Waals surface area (Å²) < 4.78 is 5.47. The fourth-order valence-corrected chi connectivity index (χ4v) is 1.61. The number of ketones is 1. The zero-order valence-corrected chi connectivity index (χ0v) is 8.01. The molecule has 0 aliphatic carbocycles. The Kier molecular flexibility index (Phi) is 2.54. The minimum Gasteiger partial charge on any atom is -0.367 e. The van der Waals surface area contributed by atoms with Crippen LogP contribution in [0.3, 0.4) is 0 Å². The standard InChI is InChI=1S/C10H12N2O2/c1-7-2-3-9(14-7)10(13)8-4-11-6-12-5-8/h4-7,9H,2-3H2,1H3. The highest BCUT2D eigenvalue weighted by atomic mass is 16.5. The van der Waals surface area contributed by atoms with E-state index in [1.54, 1.807) is 0 Å². The number of aromatic nitrogens is 2. The van der Waals surface area contributed by atoms with Crippen molar-refractivity contribution in [1.82, 2.24) is 9.97 Å². The highest BCUT2D eigenvalue weighted by molar-refractivity contribution is 5.99. The van der Waals surface area contributed by atoms with Gasteiger partial charge in [0.2, 0.25) is 0 Å². The minimum absolute atomic E-state index is 0.00468. The van der Waals surface area contributed by atoms with E-state index < -0.39 is 0 Å². The lowest BCUT2D eigenvalue weighted by atomic mass is 10.1. The van der Waals surface area contributed by atoms with E-state index in [1.165, 1.54) is 18.7 Å². The van der Waals surface area contributed by atoms with Gasteiger partial charge in [0, 0.05) is 12.4 Å². The molecule has 1 saturated heterocycles. The first-order valence-corrected chi connectivity index (χ1v) is 4.72. The molecule has 0 N–H and O–H groups in total. The van der Waals surface area contributed by atoms with Gasteiger partial charge in [0.05, 0.1) is 11.7 Å². The number of nitrogens with zero attached hydrogens (tertiary/aromatic N) is 2. The van der Waals surface area contributed by atoms with Crippen LogP contribution in [0.2, 0.25) is 0 Å². The van der Waals surface area contributed by atoms with Gasteiger partial charge in [0.25, 0.3) is 0 Å². The van der Waals surface area contributed by atoms with Gasteiger partial charge < -0.3 is 4.74 Å². The molecule has 0 bridgehead atoms. The summed E-state index contributed by atoms with van der Waals surface area (Å²) in [5, 5.41) is 0. The van der Waals surface area contributed by atoms with Gasteiger partial charge >= 0.3 is 0 Å². The molecule has 4 heteroatoms. The normalized spacial score (nSPS) is 26.4. The second-order valence-electron chi connectivity index (χ2n) is 3.50. The molecule has 0 spiro atoms. The van der Waals surface area contributed by atoms with Crippen LogP contribution in [-0.2, 0) is 4.74 Å². The zero-order chi connectivity index (χ0) is 9.97. The summed E-state index contributed by atoms with van der Waals surface area (Å²) >= 11 is 0. The van der Waals surface area contributed by atoms with Gasteiger partial charge in [-0.15, -0.1) is 0 Å². The molecule has 1 aliphatic rings. The lowest BCUT2D eigenvalue weighted by Crippen LogP contribution is -2.21. The van der Waals surface area contributed by atoms with Gasteiger partial charge in [0.1, 0.15) is 12.4 Å². The van der Waals surface area contributed by atoms with Gasteiger partial charge in [-0.1, -0.05) is 0 Å². The largest absolute Gasteiger partial charge is 0.367 e. The molecule has 2 rings (SSSR count). The van der Waals surface area contributed by atoms with E-state index in [1.807, 2.05) is 6.92 Å². The Morgan fingerprint density at radius 3 is 2.71 bits per heavy atom. The van der Waals surface area contributed by atoms with E-state index in [4.69, 9.17) is 4.74 Å². The van der Waals surface area contributed by atoms with Crippen LogP contribution in [0.25, 0.3) is 0 Å². The molecule has 14 heavy (non-hydrogen) atoms. The fourth-order valence-electron chi connectivity index (χ4n) is 1.61. The molecule has 1 fully saturated rings. The number of carbonyl (C=O) groups is 1. The van der Waals surface area contributed by atoms with Gasteiger partial charge in [-0.3, -0.25) is 4.79 Å². The van der Waals surface area contributed by atoms with Crippen LogP contribution in [0.15, 0.2) is 18.7 Å². The predicted octanol–water partition coefficient (Wildman–Crippen LogP) is 1.23. The molecular formula is C10H12N2O2. The second kappa shape index (κ2) is 3.84. The Hall–Kier alpha value is -1.29. The molecule has 1 aromatic heterocycles. The number of hydrogen-bond acceptors (Lipinski definition) is 4. The summed E-state index contributed by atoms with van der Waals surface area (Å²) in [7, 11) is 0. The molecule has 1 aliphatic heterocycles. The van der Waals surface area contributed by atoms with Crippen LogP contribution >= 0.6 is 0 Å². The first-order chi connectivity index (χ1) is 6.77. The van der Waals surface area contributed by atoms with Crippen molar-refractivity contribution in [2.75, 3.05) is 0 Å². The SMILES string of the molecule is CC1CCC(C(=O)c2cncnc2)O1. The topological polar surface area (TPSA) is 52.1 Å². The molecule has 2 atom stereocenters. The zero-order valence-electron chi connectivity index (χ0n) is 8.01. The average Bonchev–Trinajstić information content (AvgIpc) is 2.65. The summed E-state index contributed by atoms with van der Waals surface area (Å²) in [5.74, 6) is -0.00468. The maximum Gasteiger partial charge on any atom is 0.194 e. The maximum atomic E-state index is 11.8. The third kappa shape index (κ3) is 1.80. The molecular weight excluding hydrogens is 180 g/mol.